The molecule has 92 valence electrons. The molecular formula is C11H15ClN4O. The second-order valence-electron chi connectivity index (χ2n) is 3.81. The van der Waals surface area contributed by atoms with Crippen molar-refractivity contribution in [1.29, 1.82) is 0 Å². The third-order valence-corrected chi connectivity index (χ3v) is 2.84. The summed E-state index contributed by atoms with van der Waals surface area (Å²) in [6.45, 7) is 4.83. The van der Waals surface area contributed by atoms with E-state index in [-0.39, 0.29) is 6.23 Å². The van der Waals surface area contributed by atoms with Crippen molar-refractivity contribution in [2.75, 3.05) is 6.61 Å². The molecule has 0 aliphatic heterocycles. The number of hydrogen-bond acceptors (Lipinski definition) is 4. The van der Waals surface area contributed by atoms with Gasteiger partial charge in [0, 0.05) is 6.61 Å². The van der Waals surface area contributed by atoms with Crippen molar-refractivity contribution >= 4 is 22.8 Å². The number of nitrogens with zero attached hydrogens (tertiary/aromatic N) is 4. The van der Waals surface area contributed by atoms with Gasteiger partial charge in [0.05, 0.1) is 6.33 Å². The number of ether oxygens (including phenoxy) is 1. The van der Waals surface area contributed by atoms with E-state index in [4.69, 9.17) is 16.3 Å². The molecule has 0 aliphatic rings. The zero-order valence-electron chi connectivity index (χ0n) is 9.93. The molecule has 0 fully saturated rings. The number of imidazole rings is 1. The molecule has 0 N–H and O–H groups in total. The quantitative estimate of drug-likeness (QED) is 0.608. The van der Waals surface area contributed by atoms with Crippen molar-refractivity contribution < 1.29 is 4.74 Å². The highest BCUT2D eigenvalue weighted by molar-refractivity contribution is 6.33. The third-order valence-electron chi connectivity index (χ3n) is 2.56. The second-order valence-corrected chi connectivity index (χ2v) is 4.17. The molecule has 0 spiro atoms. The maximum atomic E-state index is 5.93. The van der Waals surface area contributed by atoms with E-state index in [0.717, 1.165) is 19.4 Å². The largest absolute Gasteiger partial charge is 0.358 e. The average molecular weight is 255 g/mol. The molecule has 17 heavy (non-hydrogen) atoms. The van der Waals surface area contributed by atoms with E-state index in [1.54, 1.807) is 6.33 Å². The van der Waals surface area contributed by atoms with E-state index < -0.39 is 0 Å². The number of halogens is 1. The molecule has 6 heteroatoms. The Bertz CT molecular complexity index is 499. The molecule has 1 atom stereocenters. The van der Waals surface area contributed by atoms with Gasteiger partial charge in [0.2, 0.25) is 0 Å². The summed E-state index contributed by atoms with van der Waals surface area (Å²) in [4.78, 5) is 12.3. The highest BCUT2D eigenvalue weighted by atomic mass is 35.5. The van der Waals surface area contributed by atoms with Crippen LogP contribution in [-0.4, -0.2) is 26.1 Å². The van der Waals surface area contributed by atoms with Gasteiger partial charge in [-0.15, -0.1) is 0 Å². The first-order valence-electron chi connectivity index (χ1n) is 5.68. The highest BCUT2D eigenvalue weighted by Gasteiger charge is 2.12. The molecule has 5 nitrogen and oxygen atoms in total. The molecule has 0 saturated heterocycles. The summed E-state index contributed by atoms with van der Waals surface area (Å²) in [5.74, 6) is 0. The van der Waals surface area contributed by atoms with Gasteiger partial charge in [-0.1, -0.05) is 24.9 Å². The van der Waals surface area contributed by atoms with Crippen LogP contribution in [0.3, 0.4) is 0 Å². The predicted octanol–water partition coefficient (Wildman–Crippen LogP) is 2.81. The number of rotatable bonds is 5. The Morgan fingerprint density at radius 3 is 3.00 bits per heavy atom. The summed E-state index contributed by atoms with van der Waals surface area (Å²) in [5, 5.41) is 0.370. The molecular weight excluding hydrogens is 240 g/mol. The van der Waals surface area contributed by atoms with E-state index in [2.05, 4.69) is 21.9 Å². The Morgan fingerprint density at radius 2 is 2.24 bits per heavy atom. The zero-order valence-corrected chi connectivity index (χ0v) is 10.7. The number of aromatic nitrogens is 4. The van der Waals surface area contributed by atoms with Crippen molar-refractivity contribution in [3.8, 4) is 0 Å². The normalized spacial score (nSPS) is 13.1. The van der Waals surface area contributed by atoms with Gasteiger partial charge in [0.15, 0.2) is 10.8 Å². The van der Waals surface area contributed by atoms with Gasteiger partial charge in [-0.25, -0.2) is 15.0 Å². The fraction of sp³-hybridized carbons (Fsp3) is 0.545. The van der Waals surface area contributed by atoms with E-state index in [1.807, 2.05) is 11.5 Å². The van der Waals surface area contributed by atoms with Crippen LogP contribution in [0.5, 0.6) is 0 Å². The summed E-state index contributed by atoms with van der Waals surface area (Å²) in [6, 6.07) is 0. The van der Waals surface area contributed by atoms with Crippen molar-refractivity contribution in [2.45, 2.75) is 32.9 Å². The Balaban J connectivity index is 2.21. The molecule has 1 unspecified atom stereocenters. The van der Waals surface area contributed by atoms with Gasteiger partial charge in [0.1, 0.15) is 18.1 Å². The molecule has 0 amide bonds. The fourth-order valence-electron chi connectivity index (χ4n) is 1.57. The van der Waals surface area contributed by atoms with Gasteiger partial charge in [0.25, 0.3) is 0 Å². The van der Waals surface area contributed by atoms with E-state index in [0.29, 0.717) is 16.3 Å². The SMILES string of the molecule is CCCCOC(C)n1cnc2c(Cl)ncnc21. The fourth-order valence-corrected chi connectivity index (χ4v) is 1.74. The van der Waals surface area contributed by atoms with Gasteiger partial charge in [-0.2, -0.15) is 0 Å². The van der Waals surface area contributed by atoms with E-state index in [9.17, 15) is 0 Å². The Hall–Kier alpha value is -1.20. The number of hydrogen-bond donors (Lipinski definition) is 0. The van der Waals surface area contributed by atoms with Crippen LogP contribution in [0.1, 0.15) is 32.9 Å². The molecule has 0 aliphatic carbocycles. The topological polar surface area (TPSA) is 52.8 Å². The van der Waals surface area contributed by atoms with E-state index in [1.165, 1.54) is 6.33 Å². The third kappa shape index (κ3) is 2.56. The van der Waals surface area contributed by atoms with Crippen molar-refractivity contribution in [2.24, 2.45) is 0 Å². The molecule has 2 heterocycles. The summed E-state index contributed by atoms with van der Waals surface area (Å²) in [7, 11) is 0. The second kappa shape index (κ2) is 5.42. The molecule has 2 rings (SSSR count). The molecule has 2 aromatic rings. The minimum Gasteiger partial charge on any atom is -0.358 e. The smallest absolute Gasteiger partial charge is 0.166 e. The lowest BCUT2D eigenvalue weighted by Gasteiger charge is -2.14. The van der Waals surface area contributed by atoms with Gasteiger partial charge in [-0.3, -0.25) is 4.57 Å². The summed E-state index contributed by atoms with van der Waals surface area (Å²) >= 11 is 5.93. The Kier molecular flexibility index (Phi) is 3.91. The van der Waals surface area contributed by atoms with Crippen LogP contribution in [0, 0.1) is 0 Å². The lowest BCUT2D eigenvalue weighted by molar-refractivity contribution is 0.0171. The van der Waals surface area contributed by atoms with Crippen LogP contribution in [0.15, 0.2) is 12.7 Å². The monoisotopic (exact) mass is 254 g/mol. The van der Waals surface area contributed by atoms with Gasteiger partial charge in [-0.05, 0) is 13.3 Å². The van der Waals surface area contributed by atoms with Crippen molar-refractivity contribution in [3.63, 3.8) is 0 Å². The number of unbranched alkanes of at least 4 members (excludes halogenated alkanes) is 1. The van der Waals surface area contributed by atoms with Crippen LogP contribution in [0.4, 0.5) is 0 Å². The van der Waals surface area contributed by atoms with Crippen LogP contribution >= 0.6 is 11.6 Å². The maximum Gasteiger partial charge on any atom is 0.166 e. The van der Waals surface area contributed by atoms with Gasteiger partial charge < -0.3 is 4.74 Å². The molecule has 0 aromatic carbocycles. The molecule has 0 radical (unpaired) electrons. The predicted molar refractivity (Wildman–Crippen MR) is 65.9 cm³/mol. The summed E-state index contributed by atoms with van der Waals surface area (Å²) < 4.78 is 7.55. The van der Waals surface area contributed by atoms with Crippen molar-refractivity contribution in [1.82, 2.24) is 19.5 Å². The van der Waals surface area contributed by atoms with E-state index >= 15 is 0 Å². The average Bonchev–Trinajstić information content (AvgIpc) is 2.74. The Labute approximate surface area is 105 Å². The van der Waals surface area contributed by atoms with Crippen LogP contribution in [-0.2, 0) is 4.74 Å². The van der Waals surface area contributed by atoms with Crippen LogP contribution < -0.4 is 0 Å². The number of fused-ring (bicyclic) bond motifs is 1. The Morgan fingerprint density at radius 1 is 1.41 bits per heavy atom. The summed E-state index contributed by atoms with van der Waals surface area (Å²) in [5.41, 5.74) is 1.31. The standard InChI is InChI=1S/C11H15ClN4O/c1-3-4-5-17-8(2)16-7-15-9-10(12)13-6-14-11(9)16/h6-8H,3-5H2,1-2H3. The minimum absolute atomic E-state index is 0.0995. The minimum atomic E-state index is -0.0995. The van der Waals surface area contributed by atoms with Gasteiger partial charge >= 0.3 is 0 Å². The molecule has 2 aromatic heterocycles. The van der Waals surface area contributed by atoms with Crippen molar-refractivity contribution in [3.05, 3.63) is 17.8 Å². The zero-order chi connectivity index (χ0) is 12.3. The lowest BCUT2D eigenvalue weighted by Crippen LogP contribution is -2.09. The highest BCUT2D eigenvalue weighted by Crippen LogP contribution is 2.20. The maximum absolute atomic E-state index is 5.93. The van der Waals surface area contributed by atoms with Crippen LogP contribution in [0.25, 0.3) is 11.2 Å². The first-order valence-corrected chi connectivity index (χ1v) is 6.06. The first kappa shape index (κ1) is 12.3. The molecule has 0 bridgehead atoms. The molecule has 0 saturated carbocycles. The lowest BCUT2D eigenvalue weighted by atomic mass is 10.4. The first-order chi connectivity index (χ1) is 8.24. The van der Waals surface area contributed by atoms with Crippen LogP contribution in [0.2, 0.25) is 5.15 Å². The summed E-state index contributed by atoms with van der Waals surface area (Å²) in [6.07, 6.45) is 5.18.